The molecule has 0 aliphatic carbocycles. The maximum Gasteiger partial charge on any atom is 0.321 e. The Hall–Kier alpha value is -3.79. The number of rotatable bonds is 8. The second-order valence-corrected chi connectivity index (χ2v) is 10.8. The predicted molar refractivity (Wildman–Crippen MR) is 151 cm³/mol. The zero-order chi connectivity index (χ0) is 27.9. The first-order valence-corrected chi connectivity index (χ1v) is 14.0. The van der Waals surface area contributed by atoms with Gasteiger partial charge in [0.05, 0.1) is 12.8 Å². The van der Waals surface area contributed by atoms with Crippen LogP contribution >= 0.6 is 0 Å². The van der Waals surface area contributed by atoms with Crippen LogP contribution in [0.25, 0.3) is 0 Å². The van der Waals surface area contributed by atoms with Gasteiger partial charge in [-0.1, -0.05) is 25.1 Å². The van der Waals surface area contributed by atoms with Gasteiger partial charge in [0.1, 0.15) is 5.82 Å². The molecule has 2 aliphatic rings. The van der Waals surface area contributed by atoms with Gasteiger partial charge >= 0.3 is 6.03 Å². The zero-order valence-corrected chi connectivity index (χ0v) is 22.8. The molecule has 8 nitrogen and oxygen atoms in total. The Bertz CT molecular complexity index is 1280. The lowest BCUT2D eigenvalue weighted by Crippen LogP contribution is -2.42. The van der Waals surface area contributed by atoms with E-state index in [0.29, 0.717) is 31.6 Å². The standard InChI is InChI=1S/C30H36F2N6O2/c1-21-4-3-13-37(18-21)19-22-7-9-25(10-8-22)34-29-33-17-27(32)28(36-29)40-20-23-11-14-38(15-12-23)30(39)35-26-6-2-5-24(31)16-26/h2,5-10,16-17,21,23H,3-4,11-15,18-20H2,1H3,(H,35,39)(H,33,34,36). The van der Waals surface area contributed by atoms with Crippen molar-refractivity contribution in [2.45, 2.75) is 39.2 Å². The normalized spacial score (nSPS) is 18.4. The molecule has 1 aromatic heterocycles. The van der Waals surface area contributed by atoms with Crippen LogP contribution in [0.5, 0.6) is 5.88 Å². The molecule has 0 saturated carbocycles. The summed E-state index contributed by atoms with van der Waals surface area (Å²) in [5, 5.41) is 5.85. The van der Waals surface area contributed by atoms with E-state index in [9.17, 15) is 13.6 Å². The van der Waals surface area contributed by atoms with Gasteiger partial charge in [0.25, 0.3) is 5.88 Å². The van der Waals surface area contributed by atoms with Crippen LogP contribution in [0.2, 0.25) is 0 Å². The summed E-state index contributed by atoms with van der Waals surface area (Å²) in [6.45, 7) is 6.87. The molecule has 2 aliphatic heterocycles. The molecule has 0 spiro atoms. The highest BCUT2D eigenvalue weighted by molar-refractivity contribution is 5.89. The van der Waals surface area contributed by atoms with Gasteiger partial charge in [-0.2, -0.15) is 9.37 Å². The second kappa shape index (κ2) is 13.0. The molecule has 0 bridgehead atoms. The molecular weight excluding hydrogens is 514 g/mol. The number of piperidine rings is 2. The monoisotopic (exact) mass is 550 g/mol. The van der Waals surface area contributed by atoms with Crippen molar-refractivity contribution in [3.8, 4) is 5.88 Å². The number of aromatic nitrogens is 2. The van der Waals surface area contributed by atoms with Crippen LogP contribution in [0, 0.1) is 23.5 Å². The van der Waals surface area contributed by atoms with Gasteiger partial charge in [-0.3, -0.25) is 4.90 Å². The smallest absolute Gasteiger partial charge is 0.321 e. The van der Waals surface area contributed by atoms with Crippen LogP contribution in [0.15, 0.2) is 54.7 Å². The molecule has 2 N–H and O–H groups in total. The number of carbonyl (C=O) groups is 1. The molecule has 1 unspecified atom stereocenters. The Balaban J connectivity index is 1.08. The lowest BCUT2D eigenvalue weighted by molar-refractivity contribution is 0.148. The van der Waals surface area contributed by atoms with E-state index in [2.05, 4.69) is 44.6 Å². The number of ether oxygens (including phenoxy) is 1. The fourth-order valence-electron chi connectivity index (χ4n) is 5.29. The Morgan fingerprint density at radius 2 is 1.85 bits per heavy atom. The highest BCUT2D eigenvalue weighted by Gasteiger charge is 2.24. The Morgan fingerprint density at radius 3 is 2.60 bits per heavy atom. The first-order valence-electron chi connectivity index (χ1n) is 14.0. The van der Waals surface area contributed by atoms with Gasteiger partial charge in [0, 0.05) is 37.6 Å². The molecule has 3 aromatic rings. The molecule has 2 saturated heterocycles. The van der Waals surface area contributed by atoms with Gasteiger partial charge in [0.2, 0.25) is 11.8 Å². The number of nitrogens with zero attached hydrogens (tertiary/aromatic N) is 4. The minimum atomic E-state index is -0.622. The van der Waals surface area contributed by atoms with Crippen molar-refractivity contribution in [3.63, 3.8) is 0 Å². The SMILES string of the molecule is CC1CCCN(Cc2ccc(Nc3ncc(F)c(OCC4CCN(C(=O)Nc5cccc(F)c5)CC4)n3)cc2)C1. The van der Waals surface area contributed by atoms with E-state index in [0.717, 1.165) is 37.4 Å². The topological polar surface area (TPSA) is 82.6 Å². The number of hydrogen-bond donors (Lipinski definition) is 2. The van der Waals surface area contributed by atoms with Gasteiger partial charge in [-0.05, 0) is 80.0 Å². The summed E-state index contributed by atoms with van der Waals surface area (Å²) in [5.74, 6) is 0.0365. The van der Waals surface area contributed by atoms with Crippen LogP contribution in [0.1, 0.15) is 38.2 Å². The zero-order valence-electron chi connectivity index (χ0n) is 22.8. The summed E-state index contributed by atoms with van der Waals surface area (Å²) >= 11 is 0. The average Bonchev–Trinajstić information content (AvgIpc) is 2.95. The molecule has 3 heterocycles. The molecule has 10 heteroatoms. The number of nitrogens with one attached hydrogen (secondary N) is 2. The third-order valence-electron chi connectivity index (χ3n) is 7.50. The van der Waals surface area contributed by atoms with Gasteiger partial charge < -0.3 is 20.3 Å². The summed E-state index contributed by atoms with van der Waals surface area (Å²) in [6.07, 6.45) is 5.07. The molecule has 212 valence electrons. The van der Waals surface area contributed by atoms with E-state index in [1.807, 2.05) is 12.1 Å². The van der Waals surface area contributed by atoms with Crippen LogP contribution in [-0.4, -0.2) is 58.6 Å². The van der Waals surface area contributed by atoms with E-state index in [4.69, 9.17) is 4.74 Å². The average molecular weight is 551 g/mol. The van der Waals surface area contributed by atoms with Crippen molar-refractivity contribution in [2.75, 3.05) is 43.4 Å². The molecular formula is C30H36F2N6O2. The third-order valence-corrected chi connectivity index (χ3v) is 7.50. The van der Waals surface area contributed by atoms with Crippen molar-refractivity contribution in [3.05, 3.63) is 71.9 Å². The predicted octanol–water partition coefficient (Wildman–Crippen LogP) is 6.05. The van der Waals surface area contributed by atoms with E-state index >= 15 is 0 Å². The van der Waals surface area contributed by atoms with E-state index < -0.39 is 11.6 Å². The quantitative estimate of drug-likeness (QED) is 0.355. The van der Waals surface area contributed by atoms with Gasteiger partial charge in [-0.25, -0.2) is 14.2 Å². The molecule has 40 heavy (non-hydrogen) atoms. The van der Waals surface area contributed by atoms with E-state index in [-0.39, 0.29) is 30.4 Å². The molecule has 0 radical (unpaired) electrons. The summed E-state index contributed by atoms with van der Waals surface area (Å²) in [6, 6.07) is 13.7. The number of anilines is 3. The number of amides is 2. The van der Waals surface area contributed by atoms with Crippen molar-refractivity contribution in [1.82, 2.24) is 19.8 Å². The number of carbonyl (C=O) groups excluding carboxylic acids is 1. The van der Waals surface area contributed by atoms with Crippen LogP contribution in [0.3, 0.4) is 0 Å². The Morgan fingerprint density at radius 1 is 1.05 bits per heavy atom. The second-order valence-electron chi connectivity index (χ2n) is 10.8. The third kappa shape index (κ3) is 7.65. The molecule has 2 aromatic carbocycles. The summed E-state index contributed by atoms with van der Waals surface area (Å²) < 4.78 is 33.5. The first-order chi connectivity index (χ1) is 19.4. The largest absolute Gasteiger partial charge is 0.475 e. The summed E-state index contributed by atoms with van der Waals surface area (Å²) in [5.41, 5.74) is 2.49. The summed E-state index contributed by atoms with van der Waals surface area (Å²) in [4.78, 5) is 25.0. The molecule has 5 rings (SSSR count). The van der Waals surface area contributed by atoms with Crippen LogP contribution < -0.4 is 15.4 Å². The fourth-order valence-corrected chi connectivity index (χ4v) is 5.29. The highest BCUT2D eigenvalue weighted by Crippen LogP contribution is 2.24. The minimum absolute atomic E-state index is 0.0976. The van der Waals surface area contributed by atoms with E-state index in [1.54, 1.807) is 17.0 Å². The minimum Gasteiger partial charge on any atom is -0.475 e. The Labute approximate surface area is 233 Å². The number of benzene rings is 2. The molecule has 1 atom stereocenters. The highest BCUT2D eigenvalue weighted by atomic mass is 19.1. The van der Waals surface area contributed by atoms with Crippen molar-refractivity contribution in [2.24, 2.45) is 11.8 Å². The van der Waals surface area contributed by atoms with E-state index in [1.165, 1.54) is 30.5 Å². The molecule has 2 fully saturated rings. The number of hydrogen-bond acceptors (Lipinski definition) is 6. The maximum atomic E-state index is 14.4. The van der Waals surface area contributed by atoms with Crippen LogP contribution in [-0.2, 0) is 6.54 Å². The summed E-state index contributed by atoms with van der Waals surface area (Å²) in [7, 11) is 0. The van der Waals surface area contributed by atoms with Gasteiger partial charge in [-0.15, -0.1) is 0 Å². The number of halogens is 2. The lowest BCUT2D eigenvalue weighted by Gasteiger charge is -2.31. The molecule has 2 amide bonds. The number of likely N-dealkylation sites (tertiary alicyclic amines) is 2. The van der Waals surface area contributed by atoms with Crippen molar-refractivity contribution >= 4 is 23.4 Å². The first kappa shape index (κ1) is 27.8. The lowest BCUT2D eigenvalue weighted by atomic mass is 9.98. The number of urea groups is 1. The maximum absolute atomic E-state index is 14.4. The van der Waals surface area contributed by atoms with Gasteiger partial charge in [0.15, 0.2) is 0 Å². The van der Waals surface area contributed by atoms with Crippen LogP contribution in [0.4, 0.5) is 30.9 Å². The fraction of sp³-hybridized carbons (Fsp3) is 0.433. The van der Waals surface area contributed by atoms with Crippen molar-refractivity contribution < 1.29 is 18.3 Å². The Kier molecular flexibility index (Phi) is 9.05. The van der Waals surface area contributed by atoms with Crippen molar-refractivity contribution in [1.29, 1.82) is 0 Å².